The average molecular weight is 398 g/mol. The second kappa shape index (κ2) is 6.48. The molecule has 4 rings (SSSR count). The molecule has 0 saturated carbocycles. The Morgan fingerprint density at radius 2 is 1.96 bits per heavy atom. The van der Waals surface area contributed by atoms with E-state index in [0.29, 0.717) is 33.0 Å². The lowest BCUT2D eigenvalue weighted by molar-refractivity contribution is 0.416. The predicted molar refractivity (Wildman–Crippen MR) is 97.0 cm³/mol. The van der Waals surface area contributed by atoms with E-state index < -0.39 is 6.04 Å². The number of hydrogen-bond donors (Lipinski definition) is 1. The summed E-state index contributed by atoms with van der Waals surface area (Å²) >= 11 is 18.6. The van der Waals surface area contributed by atoms with Crippen molar-refractivity contribution < 1.29 is 4.39 Å². The number of aromatic nitrogens is 3. The van der Waals surface area contributed by atoms with Crippen LogP contribution < -0.4 is 5.32 Å². The third-order valence-corrected chi connectivity index (χ3v) is 5.19. The molecule has 128 valence electrons. The van der Waals surface area contributed by atoms with Gasteiger partial charge in [-0.05, 0) is 36.2 Å². The van der Waals surface area contributed by atoms with E-state index in [1.807, 2.05) is 6.07 Å². The summed E-state index contributed by atoms with van der Waals surface area (Å²) < 4.78 is 16.1. The minimum atomic E-state index is -0.399. The average Bonchev–Trinajstić information content (AvgIpc) is 3.03. The van der Waals surface area contributed by atoms with Gasteiger partial charge in [0.05, 0.1) is 12.1 Å². The number of benzene rings is 2. The van der Waals surface area contributed by atoms with Crippen molar-refractivity contribution in [1.82, 2.24) is 14.8 Å². The van der Waals surface area contributed by atoms with Crippen LogP contribution in [-0.2, 0) is 0 Å². The molecule has 0 aliphatic carbocycles. The number of hydrogen-bond acceptors (Lipinski definition) is 3. The van der Waals surface area contributed by atoms with Crippen molar-refractivity contribution >= 4 is 40.8 Å². The quantitative estimate of drug-likeness (QED) is 0.619. The van der Waals surface area contributed by atoms with Gasteiger partial charge >= 0.3 is 0 Å². The molecule has 2 aromatic carbocycles. The van der Waals surface area contributed by atoms with E-state index in [4.69, 9.17) is 34.8 Å². The van der Waals surface area contributed by atoms with E-state index in [2.05, 4.69) is 15.4 Å². The lowest BCUT2D eigenvalue weighted by atomic mass is 9.93. The van der Waals surface area contributed by atoms with Crippen LogP contribution in [0.1, 0.15) is 29.6 Å². The van der Waals surface area contributed by atoms with Gasteiger partial charge in [0.1, 0.15) is 12.1 Å². The van der Waals surface area contributed by atoms with E-state index >= 15 is 0 Å². The first kappa shape index (κ1) is 16.6. The van der Waals surface area contributed by atoms with E-state index in [1.54, 1.807) is 28.9 Å². The van der Waals surface area contributed by atoms with Crippen molar-refractivity contribution in [2.75, 3.05) is 5.32 Å². The molecule has 0 saturated heterocycles. The molecule has 25 heavy (non-hydrogen) atoms. The van der Waals surface area contributed by atoms with Gasteiger partial charge in [0.25, 0.3) is 0 Å². The van der Waals surface area contributed by atoms with Crippen molar-refractivity contribution in [2.24, 2.45) is 0 Å². The maximum Gasteiger partial charge on any atom is 0.222 e. The van der Waals surface area contributed by atoms with Gasteiger partial charge in [0.15, 0.2) is 0 Å². The van der Waals surface area contributed by atoms with Gasteiger partial charge in [-0.3, -0.25) is 0 Å². The lowest BCUT2D eigenvalue weighted by Gasteiger charge is -2.32. The van der Waals surface area contributed by atoms with Gasteiger partial charge in [0.2, 0.25) is 5.95 Å². The fraction of sp³-hybridized carbons (Fsp3) is 0.176. The molecule has 0 bridgehead atoms. The van der Waals surface area contributed by atoms with Crippen LogP contribution in [0.2, 0.25) is 15.1 Å². The van der Waals surface area contributed by atoms with E-state index in [-0.39, 0.29) is 11.9 Å². The molecule has 0 radical (unpaired) electrons. The lowest BCUT2D eigenvalue weighted by Crippen LogP contribution is -2.29. The fourth-order valence-electron chi connectivity index (χ4n) is 3.18. The Morgan fingerprint density at radius 1 is 1.12 bits per heavy atom. The first-order valence-electron chi connectivity index (χ1n) is 7.59. The van der Waals surface area contributed by atoms with Gasteiger partial charge in [0, 0.05) is 20.6 Å². The van der Waals surface area contributed by atoms with Crippen LogP contribution in [0.3, 0.4) is 0 Å². The number of nitrogens with one attached hydrogen (secondary N) is 1. The number of halogens is 4. The Labute approximate surface area is 158 Å². The number of nitrogens with zero attached hydrogens (tertiary/aromatic N) is 3. The molecule has 2 atom stereocenters. The zero-order valence-electron chi connectivity index (χ0n) is 12.8. The molecule has 0 spiro atoms. The van der Waals surface area contributed by atoms with Gasteiger partial charge in [-0.1, -0.05) is 46.9 Å². The van der Waals surface area contributed by atoms with Gasteiger partial charge in [-0.2, -0.15) is 10.1 Å². The highest BCUT2D eigenvalue weighted by atomic mass is 35.5. The summed E-state index contributed by atoms with van der Waals surface area (Å²) in [6, 6.07) is 9.38. The van der Waals surface area contributed by atoms with Crippen LogP contribution in [0, 0.1) is 5.82 Å². The van der Waals surface area contributed by atoms with Crippen LogP contribution >= 0.6 is 34.8 Å². The van der Waals surface area contributed by atoms with Crippen LogP contribution in [0.4, 0.5) is 10.3 Å². The van der Waals surface area contributed by atoms with E-state index in [1.165, 1.54) is 12.4 Å². The summed E-state index contributed by atoms with van der Waals surface area (Å²) in [4.78, 5) is 4.22. The second-order valence-electron chi connectivity index (χ2n) is 5.78. The minimum Gasteiger partial charge on any atom is -0.347 e. The molecule has 1 N–H and O–H groups in total. The number of fused-ring (bicyclic) bond motifs is 1. The zero-order chi connectivity index (χ0) is 17.6. The second-order valence-corrected chi connectivity index (χ2v) is 7.03. The predicted octanol–water partition coefficient (Wildman–Crippen LogP) is 5.52. The van der Waals surface area contributed by atoms with E-state index in [9.17, 15) is 4.39 Å². The van der Waals surface area contributed by atoms with E-state index in [0.717, 1.165) is 5.56 Å². The highest BCUT2D eigenvalue weighted by Gasteiger charge is 2.33. The molecule has 1 aliphatic heterocycles. The van der Waals surface area contributed by atoms with Crippen LogP contribution in [0.5, 0.6) is 0 Å². The maximum atomic E-state index is 14.5. The Balaban J connectivity index is 1.81. The third-order valence-electron chi connectivity index (χ3n) is 4.30. The summed E-state index contributed by atoms with van der Waals surface area (Å²) in [5.74, 6) is 0.161. The first-order chi connectivity index (χ1) is 12.0. The van der Waals surface area contributed by atoms with Crippen molar-refractivity contribution in [3.05, 3.63) is 74.7 Å². The Hall–Kier alpha value is -1.82. The Bertz CT molecular complexity index is 923. The third kappa shape index (κ3) is 2.97. The standard InChI is InChI=1S/C17H12Cl3FN4/c18-9-4-5-10(12(20)6-9)14-7-15(25-17(24-14)22-8-23-25)16-11(19)2-1-3-13(16)21/h1-6,8,14-15H,7H2,(H,22,23,24). The molecule has 1 aliphatic rings. The highest BCUT2D eigenvalue weighted by molar-refractivity contribution is 6.35. The zero-order valence-corrected chi connectivity index (χ0v) is 15.0. The topological polar surface area (TPSA) is 42.7 Å². The molecule has 8 heteroatoms. The summed E-state index contributed by atoms with van der Waals surface area (Å²) in [5, 5.41) is 8.96. The first-order valence-corrected chi connectivity index (χ1v) is 8.73. The highest BCUT2D eigenvalue weighted by Crippen LogP contribution is 2.42. The fourth-order valence-corrected chi connectivity index (χ4v) is 4.01. The maximum absolute atomic E-state index is 14.5. The molecular formula is C17H12Cl3FN4. The smallest absolute Gasteiger partial charge is 0.222 e. The molecule has 0 fully saturated rings. The summed E-state index contributed by atoms with van der Waals surface area (Å²) in [5.41, 5.74) is 1.25. The van der Waals surface area contributed by atoms with Crippen LogP contribution in [0.15, 0.2) is 42.7 Å². The molecule has 2 unspecified atom stereocenters. The molecule has 0 amide bonds. The molecular weight excluding hydrogens is 386 g/mol. The minimum absolute atomic E-state index is 0.179. The van der Waals surface area contributed by atoms with Crippen molar-refractivity contribution in [2.45, 2.75) is 18.5 Å². The monoisotopic (exact) mass is 396 g/mol. The normalized spacial score (nSPS) is 19.4. The van der Waals surface area contributed by atoms with Crippen molar-refractivity contribution in [3.8, 4) is 0 Å². The largest absolute Gasteiger partial charge is 0.347 e. The number of rotatable bonds is 2. The number of anilines is 1. The molecule has 3 aromatic rings. The summed E-state index contributed by atoms with van der Waals surface area (Å²) in [6.45, 7) is 0. The van der Waals surface area contributed by atoms with Crippen molar-refractivity contribution in [1.29, 1.82) is 0 Å². The molecule has 2 heterocycles. The van der Waals surface area contributed by atoms with Crippen molar-refractivity contribution in [3.63, 3.8) is 0 Å². The summed E-state index contributed by atoms with van der Waals surface area (Å²) in [7, 11) is 0. The Morgan fingerprint density at radius 3 is 2.72 bits per heavy atom. The summed E-state index contributed by atoms with van der Waals surface area (Å²) in [6.07, 6.45) is 1.94. The van der Waals surface area contributed by atoms with Crippen LogP contribution in [0.25, 0.3) is 0 Å². The molecule has 4 nitrogen and oxygen atoms in total. The molecule has 1 aromatic heterocycles. The van der Waals surface area contributed by atoms with Gasteiger partial charge < -0.3 is 5.32 Å². The van der Waals surface area contributed by atoms with Gasteiger partial charge in [-0.15, -0.1) is 0 Å². The Kier molecular flexibility index (Phi) is 4.31. The van der Waals surface area contributed by atoms with Gasteiger partial charge in [-0.25, -0.2) is 9.07 Å². The SMILES string of the molecule is Fc1cccc(Cl)c1C1CC(c2ccc(Cl)cc2Cl)Nc2ncnn21. The van der Waals surface area contributed by atoms with Crippen LogP contribution in [-0.4, -0.2) is 14.8 Å².